The Morgan fingerprint density at radius 3 is 1.69 bits per heavy atom. The van der Waals surface area contributed by atoms with Crippen LogP contribution in [0.15, 0.2) is 167 Å². The van der Waals surface area contributed by atoms with Crippen molar-refractivity contribution in [3.8, 4) is 11.1 Å². The van der Waals surface area contributed by atoms with E-state index in [2.05, 4.69) is 164 Å². The van der Waals surface area contributed by atoms with Crippen molar-refractivity contribution in [1.82, 2.24) is 0 Å². The second kappa shape index (κ2) is 13.9. The van der Waals surface area contributed by atoms with Gasteiger partial charge in [0.25, 0.3) is 0 Å². The first kappa shape index (κ1) is 32.7. The van der Waals surface area contributed by atoms with Crippen LogP contribution in [0.4, 0.5) is 0 Å². The van der Waals surface area contributed by atoms with Crippen molar-refractivity contribution in [1.29, 1.82) is 0 Å². The predicted molar refractivity (Wildman–Crippen MR) is 193 cm³/mol. The Morgan fingerprint density at radius 2 is 1.06 bits per heavy atom. The predicted octanol–water partition coefficient (Wildman–Crippen LogP) is 5.34. The van der Waals surface area contributed by atoms with Gasteiger partial charge < -0.3 is 24.8 Å². The molecule has 0 saturated carbocycles. The van der Waals surface area contributed by atoms with E-state index in [0.29, 0.717) is 3.63 Å². The number of fused-ring (bicyclic) bond motifs is 7. The molecule has 9 rings (SSSR count). The summed E-state index contributed by atoms with van der Waals surface area (Å²) in [6, 6.07) is 54.9. The van der Waals surface area contributed by atoms with Gasteiger partial charge in [-0.2, -0.15) is 0 Å². The molecule has 48 heavy (non-hydrogen) atoms. The number of halogens is 2. The van der Waals surface area contributed by atoms with Crippen molar-refractivity contribution in [2.75, 3.05) is 0 Å². The van der Waals surface area contributed by atoms with E-state index in [0.717, 1.165) is 19.3 Å². The number of hydrogen-bond donors (Lipinski definition) is 0. The van der Waals surface area contributed by atoms with E-state index in [1.165, 1.54) is 54.6 Å². The zero-order valence-corrected chi connectivity index (χ0v) is 30.5. The van der Waals surface area contributed by atoms with E-state index in [1.807, 2.05) is 0 Å². The molecule has 0 aliphatic heterocycles. The number of hydrogen-bond acceptors (Lipinski definition) is 0. The summed E-state index contributed by atoms with van der Waals surface area (Å²) in [5.41, 5.74) is 8.93. The molecule has 0 radical (unpaired) electrons. The molecular weight excluding hydrogens is 703 g/mol. The van der Waals surface area contributed by atoms with E-state index >= 15 is 0 Å². The summed E-state index contributed by atoms with van der Waals surface area (Å²) in [5, 5.41) is 8.22. The van der Waals surface area contributed by atoms with Crippen molar-refractivity contribution < 1.29 is 46.1 Å². The molecule has 3 heteroatoms. The molecule has 0 spiro atoms. The van der Waals surface area contributed by atoms with E-state index < -0.39 is 21.3 Å². The van der Waals surface area contributed by atoms with Crippen molar-refractivity contribution >= 4 is 35.5 Å². The average Bonchev–Trinajstić information content (AvgIpc) is 3.76. The summed E-state index contributed by atoms with van der Waals surface area (Å²) < 4.78 is 3.94. The monoisotopic (exact) mass is 734 g/mol. The Balaban J connectivity index is 0.00000182. The maximum Gasteiger partial charge on any atom is -1.00 e. The molecule has 0 aromatic heterocycles. The smallest absolute Gasteiger partial charge is 1.00 e. The van der Waals surface area contributed by atoms with Crippen molar-refractivity contribution in [3.05, 3.63) is 189 Å². The van der Waals surface area contributed by atoms with Crippen LogP contribution in [0.25, 0.3) is 43.4 Å². The molecule has 232 valence electrons. The van der Waals surface area contributed by atoms with Crippen LogP contribution in [0.1, 0.15) is 32.3 Å². The summed E-state index contributed by atoms with van der Waals surface area (Å²) in [4.78, 5) is 0. The first-order chi connectivity index (χ1) is 22.8. The van der Waals surface area contributed by atoms with Crippen molar-refractivity contribution in [3.63, 3.8) is 0 Å². The number of rotatable bonds is 6. The first-order valence-electron chi connectivity index (χ1n) is 16.5. The van der Waals surface area contributed by atoms with Crippen molar-refractivity contribution in [2.45, 2.75) is 22.9 Å². The molecule has 0 amide bonds. The molecule has 7 aromatic rings. The zero-order valence-electron chi connectivity index (χ0n) is 26.5. The van der Waals surface area contributed by atoms with Crippen LogP contribution in [-0.4, -0.2) is 3.21 Å². The minimum atomic E-state index is -2.68. The Morgan fingerprint density at radius 1 is 0.521 bits per heavy atom. The number of benzene rings is 7. The fourth-order valence-electron chi connectivity index (χ4n) is 8.16. The maximum atomic E-state index is 2.51. The zero-order chi connectivity index (χ0) is 30.5. The van der Waals surface area contributed by atoms with Gasteiger partial charge in [0.2, 0.25) is 0 Å². The normalized spacial score (nSPS) is 14.1. The summed E-state index contributed by atoms with van der Waals surface area (Å²) >= 11 is -2.68. The number of allylic oxidation sites excluding steroid dienone is 4. The Labute approximate surface area is 302 Å². The third-order valence-electron chi connectivity index (χ3n) is 10.2. The molecular formula is C45H34Cl2Zr. The summed E-state index contributed by atoms with van der Waals surface area (Å²) in [6.45, 7) is 0. The van der Waals surface area contributed by atoms with Gasteiger partial charge in [-0.1, -0.05) is 0 Å². The van der Waals surface area contributed by atoms with Gasteiger partial charge >= 0.3 is 280 Å². The molecule has 2 aliphatic rings. The van der Waals surface area contributed by atoms with Gasteiger partial charge in [-0.05, 0) is 0 Å². The fraction of sp³-hybridized carbons (Fsp3) is 0.0889. The SMILES string of the molecule is C1=CC[C]([Zr+2](=[C](Cc2cccc3ccccc23)Cc2cccc3ccccc23)[CH]2c3ccccc3-c3ccc4ccccc4c32)=C1.[Cl-].[Cl-]. The molecule has 0 bridgehead atoms. The van der Waals surface area contributed by atoms with Crippen LogP contribution in [0, 0.1) is 0 Å². The standard InChI is InChI=1S/C23H18.C17H11.C5H5.2ClH.Zr/c1-3-16-22-18(8-1)10-5-12-20(22)14-7-15-21-13-6-11-19-9-2-4-17-23(19)21;1-3-7-14-12(5-1)9-10-16-15-8-4-2-6-13(15)11-17(14)16;1-2-4-5-3-1;;;/h1-6,8-13,16-17H,14-15H2;1-11H;1-3H,4H2;2*1H;/q;;;;;+2/p-2. The molecule has 1 unspecified atom stereocenters. The Bertz CT molecular complexity index is 2320. The van der Waals surface area contributed by atoms with Gasteiger partial charge in [-0.15, -0.1) is 0 Å². The van der Waals surface area contributed by atoms with Gasteiger partial charge in [0, 0.05) is 0 Å². The topological polar surface area (TPSA) is 0 Å². The van der Waals surface area contributed by atoms with Gasteiger partial charge in [0.15, 0.2) is 0 Å². The average molecular weight is 737 g/mol. The largest absolute Gasteiger partial charge is 1.00 e. The summed E-state index contributed by atoms with van der Waals surface area (Å²) in [5.74, 6) is 0. The van der Waals surface area contributed by atoms with Crippen LogP contribution >= 0.6 is 0 Å². The van der Waals surface area contributed by atoms with Crippen LogP contribution in [0.5, 0.6) is 0 Å². The minimum Gasteiger partial charge on any atom is -1.00 e. The van der Waals surface area contributed by atoms with Gasteiger partial charge in [0.1, 0.15) is 0 Å². The van der Waals surface area contributed by atoms with E-state index in [1.54, 1.807) is 17.6 Å². The maximum absolute atomic E-state index is 2.68. The molecule has 0 nitrogen and oxygen atoms in total. The fourth-order valence-corrected chi connectivity index (χ4v) is 17.4. The Kier molecular flexibility index (Phi) is 9.48. The summed E-state index contributed by atoms with van der Waals surface area (Å²) in [7, 11) is 0. The Hall–Kier alpha value is -3.87. The van der Waals surface area contributed by atoms with Gasteiger partial charge in [-0.3, -0.25) is 0 Å². The molecule has 7 aromatic carbocycles. The quantitative estimate of drug-likeness (QED) is 0.217. The second-order valence-corrected chi connectivity index (χ2v) is 19.5. The third-order valence-corrected chi connectivity index (χ3v) is 18.4. The third kappa shape index (κ3) is 5.67. The van der Waals surface area contributed by atoms with Gasteiger partial charge in [-0.25, -0.2) is 0 Å². The molecule has 2 aliphatic carbocycles. The molecule has 0 saturated heterocycles. The summed E-state index contributed by atoms with van der Waals surface area (Å²) in [6.07, 6.45) is 10.4. The second-order valence-electron chi connectivity index (χ2n) is 12.7. The first-order valence-corrected chi connectivity index (χ1v) is 20.3. The van der Waals surface area contributed by atoms with Crippen LogP contribution in [0.3, 0.4) is 0 Å². The minimum absolute atomic E-state index is 0. The van der Waals surface area contributed by atoms with E-state index in [9.17, 15) is 0 Å². The van der Waals surface area contributed by atoms with Crippen LogP contribution in [-0.2, 0) is 34.1 Å². The van der Waals surface area contributed by atoms with Gasteiger partial charge in [0.05, 0.1) is 0 Å². The van der Waals surface area contributed by atoms with Crippen molar-refractivity contribution in [2.24, 2.45) is 0 Å². The molecule has 0 heterocycles. The molecule has 0 fully saturated rings. The van der Waals surface area contributed by atoms with Crippen LogP contribution < -0.4 is 24.8 Å². The molecule has 0 N–H and O–H groups in total. The van der Waals surface area contributed by atoms with E-state index in [-0.39, 0.29) is 24.8 Å². The van der Waals surface area contributed by atoms with E-state index in [4.69, 9.17) is 0 Å². The molecule has 1 atom stereocenters. The van der Waals surface area contributed by atoms with Crippen LogP contribution in [0.2, 0.25) is 0 Å².